The Hall–Kier alpha value is -3.35. The lowest BCUT2D eigenvalue weighted by Crippen LogP contribution is -2.32. The van der Waals surface area contributed by atoms with E-state index in [-0.39, 0.29) is 12.3 Å². The highest BCUT2D eigenvalue weighted by Crippen LogP contribution is 2.09. The van der Waals surface area contributed by atoms with Crippen molar-refractivity contribution in [1.82, 2.24) is 14.7 Å². The van der Waals surface area contributed by atoms with Crippen molar-refractivity contribution in [2.24, 2.45) is 0 Å². The number of carbonyl (C=O) groups is 2. The molecule has 26 heavy (non-hydrogen) atoms. The summed E-state index contributed by atoms with van der Waals surface area (Å²) >= 11 is 0. The lowest BCUT2D eigenvalue weighted by molar-refractivity contribution is -0.124. The van der Waals surface area contributed by atoms with Gasteiger partial charge in [0.25, 0.3) is 5.91 Å². The fraction of sp³-hybridized carbons (Fsp3) is 0.211. The zero-order chi connectivity index (χ0) is 18.4. The first kappa shape index (κ1) is 17.5. The smallest absolute Gasteiger partial charge is 0.359 e. The number of aromatic nitrogens is 2. The average Bonchev–Trinajstić information content (AvgIpc) is 3.10. The Morgan fingerprint density at radius 2 is 1.92 bits per heavy atom. The summed E-state index contributed by atoms with van der Waals surface area (Å²) in [6.45, 7) is 2.19. The van der Waals surface area contributed by atoms with E-state index in [0.29, 0.717) is 18.8 Å². The van der Waals surface area contributed by atoms with E-state index in [1.54, 1.807) is 16.7 Å². The van der Waals surface area contributed by atoms with E-state index in [0.717, 1.165) is 11.4 Å². The number of esters is 1. The second-order valence-electron chi connectivity index (χ2n) is 5.61. The van der Waals surface area contributed by atoms with E-state index in [1.165, 1.54) is 0 Å². The van der Waals surface area contributed by atoms with Crippen molar-refractivity contribution in [3.63, 3.8) is 0 Å². The van der Waals surface area contributed by atoms with Gasteiger partial charge in [-0.05, 0) is 31.2 Å². The van der Waals surface area contributed by atoms with Crippen LogP contribution in [-0.2, 0) is 9.53 Å². The number of amides is 1. The van der Waals surface area contributed by atoms with Gasteiger partial charge in [-0.3, -0.25) is 4.79 Å². The second-order valence-corrected chi connectivity index (χ2v) is 5.61. The molecule has 1 N–H and O–H groups in total. The van der Waals surface area contributed by atoms with E-state index in [4.69, 9.17) is 9.47 Å². The maximum atomic E-state index is 12.0. The molecule has 0 saturated carbocycles. The fourth-order valence-electron chi connectivity index (χ4n) is 2.38. The van der Waals surface area contributed by atoms with Crippen molar-refractivity contribution in [3.05, 3.63) is 66.1 Å². The zero-order valence-electron chi connectivity index (χ0n) is 14.3. The molecular weight excluding hydrogens is 334 g/mol. The number of para-hydroxylation sites is 1. The molecule has 0 bridgehead atoms. The third-order valence-corrected chi connectivity index (χ3v) is 3.68. The molecule has 0 aliphatic rings. The van der Waals surface area contributed by atoms with Gasteiger partial charge in [0, 0.05) is 11.9 Å². The van der Waals surface area contributed by atoms with Crippen molar-refractivity contribution in [3.8, 4) is 5.75 Å². The summed E-state index contributed by atoms with van der Waals surface area (Å²) in [6, 6.07) is 14.9. The van der Waals surface area contributed by atoms with Gasteiger partial charge in [-0.25, -0.2) is 9.78 Å². The number of imidazole rings is 1. The number of nitrogens with one attached hydrogen (secondary N) is 1. The molecule has 0 aliphatic carbocycles. The van der Waals surface area contributed by atoms with Crippen LogP contribution in [-0.4, -0.2) is 41.0 Å². The van der Waals surface area contributed by atoms with Crippen LogP contribution in [0.3, 0.4) is 0 Å². The lowest BCUT2D eigenvalue weighted by Gasteiger charge is -2.07. The maximum Gasteiger partial charge on any atom is 0.359 e. The number of carbonyl (C=O) groups excluding carboxylic acids is 2. The number of hydrogen-bond acceptors (Lipinski definition) is 5. The maximum absolute atomic E-state index is 12.0. The average molecular weight is 353 g/mol. The lowest BCUT2D eigenvalue weighted by atomic mass is 10.3. The Morgan fingerprint density at radius 3 is 2.69 bits per heavy atom. The van der Waals surface area contributed by atoms with Crippen LogP contribution in [0.2, 0.25) is 0 Å². The highest BCUT2D eigenvalue weighted by molar-refractivity contribution is 5.90. The first-order valence-electron chi connectivity index (χ1n) is 8.20. The molecule has 0 fully saturated rings. The Kier molecular flexibility index (Phi) is 5.48. The quantitative estimate of drug-likeness (QED) is 0.519. The third kappa shape index (κ3) is 4.38. The Balaban J connectivity index is 1.42. The first-order chi connectivity index (χ1) is 12.6. The standard InChI is InChI=1S/C19H19N3O4/c1-14-6-5-9-17-21-16(12-22(14)17)19(24)26-13-18(23)20-10-11-25-15-7-3-2-4-8-15/h2-9,12H,10-11,13H2,1H3,(H,20,23). The van der Waals surface area contributed by atoms with Crippen LogP contribution in [0.5, 0.6) is 5.75 Å². The van der Waals surface area contributed by atoms with Crippen LogP contribution < -0.4 is 10.1 Å². The zero-order valence-corrected chi connectivity index (χ0v) is 14.3. The number of pyridine rings is 1. The number of benzene rings is 1. The number of hydrogen-bond donors (Lipinski definition) is 1. The van der Waals surface area contributed by atoms with Crippen molar-refractivity contribution < 1.29 is 19.1 Å². The largest absolute Gasteiger partial charge is 0.492 e. The molecule has 0 radical (unpaired) electrons. The van der Waals surface area contributed by atoms with Crippen molar-refractivity contribution >= 4 is 17.5 Å². The molecule has 2 aromatic heterocycles. The number of fused-ring (bicyclic) bond motifs is 1. The molecule has 7 nitrogen and oxygen atoms in total. The molecule has 0 spiro atoms. The van der Waals surface area contributed by atoms with E-state index in [9.17, 15) is 9.59 Å². The highest BCUT2D eigenvalue weighted by atomic mass is 16.5. The number of rotatable bonds is 7. The Labute approximate surface area is 150 Å². The van der Waals surface area contributed by atoms with E-state index < -0.39 is 11.9 Å². The predicted octanol–water partition coefficient (Wildman–Crippen LogP) is 1.99. The van der Waals surface area contributed by atoms with Gasteiger partial charge in [0.1, 0.15) is 18.0 Å². The van der Waals surface area contributed by atoms with Crippen LogP contribution in [0.4, 0.5) is 0 Å². The molecule has 134 valence electrons. The first-order valence-corrected chi connectivity index (χ1v) is 8.20. The molecule has 1 aromatic carbocycles. The molecule has 0 atom stereocenters. The summed E-state index contributed by atoms with van der Waals surface area (Å²) in [5.41, 5.74) is 1.77. The number of ether oxygens (including phenoxy) is 2. The molecule has 0 saturated heterocycles. The summed E-state index contributed by atoms with van der Waals surface area (Å²) in [5, 5.41) is 2.63. The summed E-state index contributed by atoms with van der Waals surface area (Å²) in [4.78, 5) is 28.0. The van der Waals surface area contributed by atoms with Gasteiger partial charge in [-0.15, -0.1) is 0 Å². The normalized spacial score (nSPS) is 10.5. The SMILES string of the molecule is Cc1cccc2nc(C(=O)OCC(=O)NCCOc3ccccc3)cn12. The van der Waals surface area contributed by atoms with Gasteiger partial charge in [0.05, 0.1) is 6.54 Å². The molecule has 7 heteroatoms. The molecule has 0 unspecified atom stereocenters. The van der Waals surface area contributed by atoms with E-state index >= 15 is 0 Å². The number of aryl methyl sites for hydroxylation is 1. The van der Waals surface area contributed by atoms with Crippen molar-refractivity contribution in [2.45, 2.75) is 6.92 Å². The predicted molar refractivity (Wildman–Crippen MR) is 95.2 cm³/mol. The van der Waals surface area contributed by atoms with Crippen LogP contribution in [0.1, 0.15) is 16.2 Å². The fourth-order valence-corrected chi connectivity index (χ4v) is 2.38. The van der Waals surface area contributed by atoms with Gasteiger partial charge in [0.15, 0.2) is 12.3 Å². The van der Waals surface area contributed by atoms with Gasteiger partial charge >= 0.3 is 5.97 Å². The summed E-state index contributed by atoms with van der Waals surface area (Å²) in [7, 11) is 0. The van der Waals surface area contributed by atoms with E-state index in [2.05, 4.69) is 10.3 Å². The van der Waals surface area contributed by atoms with Crippen LogP contribution in [0.25, 0.3) is 5.65 Å². The monoisotopic (exact) mass is 353 g/mol. The van der Waals surface area contributed by atoms with Crippen LogP contribution in [0.15, 0.2) is 54.7 Å². The van der Waals surface area contributed by atoms with Crippen LogP contribution >= 0.6 is 0 Å². The minimum Gasteiger partial charge on any atom is -0.492 e. The van der Waals surface area contributed by atoms with Gasteiger partial charge in [-0.2, -0.15) is 0 Å². The Bertz CT molecular complexity index is 906. The van der Waals surface area contributed by atoms with Crippen molar-refractivity contribution in [1.29, 1.82) is 0 Å². The highest BCUT2D eigenvalue weighted by Gasteiger charge is 2.14. The summed E-state index contributed by atoms with van der Waals surface area (Å²) < 4.78 is 12.3. The van der Waals surface area contributed by atoms with Crippen LogP contribution in [0, 0.1) is 6.92 Å². The Morgan fingerprint density at radius 1 is 1.12 bits per heavy atom. The minimum atomic E-state index is -0.635. The van der Waals surface area contributed by atoms with Gasteiger partial charge in [-0.1, -0.05) is 24.3 Å². The number of nitrogens with zero attached hydrogens (tertiary/aromatic N) is 2. The molecule has 0 aliphatic heterocycles. The molecule has 1 amide bonds. The van der Waals surface area contributed by atoms with Crippen molar-refractivity contribution in [2.75, 3.05) is 19.8 Å². The minimum absolute atomic E-state index is 0.166. The van der Waals surface area contributed by atoms with E-state index in [1.807, 2.05) is 49.4 Å². The third-order valence-electron chi connectivity index (χ3n) is 3.68. The second kappa shape index (κ2) is 8.15. The topological polar surface area (TPSA) is 81.9 Å². The van der Waals surface area contributed by atoms with Gasteiger partial charge in [0.2, 0.25) is 0 Å². The summed E-state index contributed by atoms with van der Waals surface area (Å²) in [5.74, 6) is -0.297. The molecular formula is C19H19N3O4. The van der Waals surface area contributed by atoms with Gasteiger partial charge < -0.3 is 19.2 Å². The molecule has 3 aromatic rings. The molecule has 3 rings (SSSR count). The molecule has 2 heterocycles. The summed E-state index contributed by atoms with van der Waals surface area (Å²) in [6.07, 6.45) is 1.60.